The van der Waals surface area contributed by atoms with E-state index < -0.39 is 0 Å². The lowest BCUT2D eigenvalue weighted by Crippen LogP contribution is -2.48. The van der Waals surface area contributed by atoms with Crippen LogP contribution in [-0.2, 0) is 0 Å². The van der Waals surface area contributed by atoms with Crippen LogP contribution < -0.4 is 4.90 Å². The zero-order valence-corrected chi connectivity index (χ0v) is 9.33. The molecular weight excluding hydrogens is 212 g/mol. The van der Waals surface area contributed by atoms with Gasteiger partial charge in [0, 0.05) is 20.1 Å². The van der Waals surface area contributed by atoms with Crippen molar-refractivity contribution < 1.29 is 0 Å². The summed E-state index contributed by atoms with van der Waals surface area (Å²) < 4.78 is 0. The first-order valence-corrected chi connectivity index (χ1v) is 5.25. The number of aromatic nitrogens is 1. The molecule has 1 aliphatic heterocycles. The van der Waals surface area contributed by atoms with Gasteiger partial charge >= 0.3 is 0 Å². The molecule has 15 heavy (non-hydrogen) atoms. The lowest BCUT2D eigenvalue weighted by Gasteiger charge is -2.35. The highest BCUT2D eigenvalue weighted by Gasteiger charge is 2.20. The molecule has 1 saturated heterocycles. The predicted molar refractivity (Wildman–Crippen MR) is 61.6 cm³/mol. The van der Waals surface area contributed by atoms with Crippen molar-refractivity contribution in [1.82, 2.24) is 9.88 Å². The van der Waals surface area contributed by atoms with Crippen molar-refractivity contribution >= 4 is 23.2 Å². The van der Waals surface area contributed by atoms with E-state index in [2.05, 4.69) is 4.98 Å². The van der Waals surface area contributed by atoms with Crippen molar-refractivity contribution in [3.63, 3.8) is 0 Å². The summed E-state index contributed by atoms with van der Waals surface area (Å²) in [6.45, 7) is 1.81. The first-order valence-electron chi connectivity index (χ1n) is 4.87. The third kappa shape index (κ3) is 2.04. The van der Waals surface area contributed by atoms with Gasteiger partial charge in [-0.3, -0.25) is 5.41 Å². The Morgan fingerprint density at radius 1 is 1.40 bits per heavy atom. The van der Waals surface area contributed by atoms with Gasteiger partial charge in [0.05, 0.1) is 11.9 Å². The van der Waals surface area contributed by atoms with E-state index in [1.54, 1.807) is 12.3 Å². The standard InChI is InChI=1S/C10H13ClN4/c1-14-5-2-6-15(10(14)12)8-3-4-9(11)13-7-8/h3-4,7,12H,2,5-6H2,1H3. The van der Waals surface area contributed by atoms with Crippen molar-refractivity contribution in [3.05, 3.63) is 23.5 Å². The molecule has 1 aromatic rings. The molecule has 1 fully saturated rings. The molecule has 0 spiro atoms. The Morgan fingerprint density at radius 2 is 2.20 bits per heavy atom. The summed E-state index contributed by atoms with van der Waals surface area (Å²) in [7, 11) is 1.93. The zero-order valence-electron chi connectivity index (χ0n) is 8.57. The van der Waals surface area contributed by atoms with Crippen LogP contribution in [0, 0.1) is 5.41 Å². The Kier molecular flexibility index (Phi) is 2.77. The Hall–Kier alpha value is -1.29. The molecule has 4 nitrogen and oxygen atoms in total. The first kappa shape index (κ1) is 10.2. The largest absolute Gasteiger partial charge is 0.346 e. The lowest BCUT2D eigenvalue weighted by molar-refractivity contribution is 0.447. The Bertz CT molecular complexity index is 362. The average Bonchev–Trinajstić information content (AvgIpc) is 2.24. The number of guanidine groups is 1. The molecule has 0 unspecified atom stereocenters. The molecule has 0 amide bonds. The summed E-state index contributed by atoms with van der Waals surface area (Å²) in [6, 6.07) is 3.64. The summed E-state index contributed by atoms with van der Waals surface area (Å²) in [5.74, 6) is 0.519. The summed E-state index contributed by atoms with van der Waals surface area (Å²) in [5, 5.41) is 8.42. The quantitative estimate of drug-likeness (QED) is 0.740. The number of anilines is 1. The van der Waals surface area contributed by atoms with Crippen LogP contribution in [0.1, 0.15) is 6.42 Å². The maximum Gasteiger partial charge on any atom is 0.198 e. The number of rotatable bonds is 1. The monoisotopic (exact) mass is 224 g/mol. The minimum Gasteiger partial charge on any atom is -0.346 e. The molecule has 5 heteroatoms. The van der Waals surface area contributed by atoms with E-state index in [0.29, 0.717) is 11.1 Å². The summed E-state index contributed by atoms with van der Waals surface area (Å²) >= 11 is 5.72. The van der Waals surface area contributed by atoms with E-state index >= 15 is 0 Å². The molecule has 0 bridgehead atoms. The van der Waals surface area contributed by atoms with Crippen LogP contribution in [0.25, 0.3) is 0 Å². The molecule has 0 aliphatic carbocycles. The topological polar surface area (TPSA) is 43.2 Å². The van der Waals surface area contributed by atoms with Gasteiger partial charge in [0.15, 0.2) is 5.96 Å². The van der Waals surface area contributed by atoms with Gasteiger partial charge in [0.1, 0.15) is 5.15 Å². The van der Waals surface area contributed by atoms with Crippen LogP contribution >= 0.6 is 11.6 Å². The van der Waals surface area contributed by atoms with Crippen LogP contribution in [0.3, 0.4) is 0 Å². The number of pyridine rings is 1. The smallest absolute Gasteiger partial charge is 0.198 e. The van der Waals surface area contributed by atoms with Crippen molar-refractivity contribution in [3.8, 4) is 0 Å². The van der Waals surface area contributed by atoms with Crippen molar-refractivity contribution in [2.45, 2.75) is 6.42 Å². The van der Waals surface area contributed by atoms with E-state index in [1.165, 1.54) is 0 Å². The first-order chi connectivity index (χ1) is 7.18. The Labute approximate surface area is 94.0 Å². The molecule has 2 rings (SSSR count). The van der Waals surface area contributed by atoms with Gasteiger partial charge in [-0.25, -0.2) is 4.98 Å². The molecule has 1 N–H and O–H groups in total. The number of hydrogen-bond acceptors (Lipinski definition) is 2. The van der Waals surface area contributed by atoms with Gasteiger partial charge in [-0.15, -0.1) is 0 Å². The highest BCUT2D eigenvalue weighted by Crippen LogP contribution is 2.19. The van der Waals surface area contributed by atoms with Crippen LogP contribution in [0.2, 0.25) is 5.15 Å². The highest BCUT2D eigenvalue weighted by molar-refractivity contribution is 6.29. The second-order valence-corrected chi connectivity index (χ2v) is 3.98. The van der Waals surface area contributed by atoms with E-state index in [4.69, 9.17) is 17.0 Å². The zero-order chi connectivity index (χ0) is 10.8. The third-order valence-corrected chi connectivity index (χ3v) is 2.74. The molecule has 0 saturated carbocycles. The average molecular weight is 225 g/mol. The summed E-state index contributed by atoms with van der Waals surface area (Å²) in [6.07, 6.45) is 2.76. The minimum absolute atomic E-state index is 0.482. The Morgan fingerprint density at radius 3 is 2.87 bits per heavy atom. The van der Waals surface area contributed by atoms with E-state index in [1.807, 2.05) is 22.9 Å². The highest BCUT2D eigenvalue weighted by atomic mass is 35.5. The van der Waals surface area contributed by atoms with E-state index in [0.717, 1.165) is 25.2 Å². The van der Waals surface area contributed by atoms with Crippen LogP contribution in [0.5, 0.6) is 0 Å². The number of nitrogens with zero attached hydrogens (tertiary/aromatic N) is 3. The van der Waals surface area contributed by atoms with E-state index in [-0.39, 0.29) is 0 Å². The molecule has 0 atom stereocenters. The fourth-order valence-corrected chi connectivity index (χ4v) is 1.77. The fourth-order valence-electron chi connectivity index (χ4n) is 1.66. The second kappa shape index (κ2) is 4.06. The molecule has 80 valence electrons. The van der Waals surface area contributed by atoms with Gasteiger partial charge in [-0.05, 0) is 18.6 Å². The molecule has 1 aromatic heterocycles. The van der Waals surface area contributed by atoms with Gasteiger partial charge in [0.25, 0.3) is 0 Å². The summed E-state index contributed by atoms with van der Waals surface area (Å²) in [5.41, 5.74) is 0.927. The molecule has 0 aromatic carbocycles. The second-order valence-electron chi connectivity index (χ2n) is 3.59. The normalized spacial score (nSPS) is 17.1. The maximum absolute atomic E-state index is 7.93. The van der Waals surface area contributed by atoms with Crippen LogP contribution in [0.15, 0.2) is 18.3 Å². The van der Waals surface area contributed by atoms with Crippen LogP contribution in [0.4, 0.5) is 5.69 Å². The predicted octanol–water partition coefficient (Wildman–Crippen LogP) is 1.81. The third-order valence-electron chi connectivity index (χ3n) is 2.52. The SMILES string of the molecule is CN1CCCN(c2ccc(Cl)nc2)C1=N. The lowest BCUT2D eigenvalue weighted by atomic mass is 10.2. The van der Waals surface area contributed by atoms with Crippen molar-refractivity contribution in [2.24, 2.45) is 0 Å². The van der Waals surface area contributed by atoms with Gasteiger partial charge in [0.2, 0.25) is 0 Å². The van der Waals surface area contributed by atoms with Gasteiger partial charge < -0.3 is 9.80 Å². The van der Waals surface area contributed by atoms with Gasteiger partial charge in [-0.1, -0.05) is 11.6 Å². The number of hydrogen-bond donors (Lipinski definition) is 1. The number of halogens is 1. The Balaban J connectivity index is 2.22. The van der Waals surface area contributed by atoms with Gasteiger partial charge in [-0.2, -0.15) is 0 Å². The van der Waals surface area contributed by atoms with Crippen molar-refractivity contribution in [2.75, 3.05) is 25.0 Å². The molecule has 0 radical (unpaired) electrons. The van der Waals surface area contributed by atoms with Crippen molar-refractivity contribution in [1.29, 1.82) is 5.41 Å². The number of nitrogens with one attached hydrogen (secondary N) is 1. The maximum atomic E-state index is 7.93. The van der Waals surface area contributed by atoms with Crippen LogP contribution in [-0.4, -0.2) is 36.0 Å². The van der Waals surface area contributed by atoms with E-state index in [9.17, 15) is 0 Å². The molecular formula is C10H13ClN4. The summed E-state index contributed by atoms with van der Waals surface area (Å²) in [4.78, 5) is 7.89. The molecule has 1 aliphatic rings. The fraction of sp³-hybridized carbons (Fsp3) is 0.400. The minimum atomic E-state index is 0.482. The molecule has 2 heterocycles.